The second-order valence-corrected chi connectivity index (χ2v) is 8.14. The van der Waals surface area contributed by atoms with E-state index in [-0.39, 0.29) is 6.04 Å². The Bertz CT molecular complexity index is 780. The molecule has 114 valence electrons. The average molecular weight is 313 g/mol. The first kappa shape index (κ1) is 14.0. The number of nitrogens with zero attached hydrogens (tertiary/aromatic N) is 1. The number of sulfone groups is 1. The molecule has 4 heteroatoms. The van der Waals surface area contributed by atoms with Crippen molar-refractivity contribution in [1.29, 1.82) is 0 Å². The highest BCUT2D eigenvalue weighted by molar-refractivity contribution is 7.92. The van der Waals surface area contributed by atoms with Crippen LogP contribution < -0.4 is 0 Å². The SMILES string of the molecule is O=S1(=O)c2ccccc2C(N2CCCC2)C1c1ccccc1. The fraction of sp³-hybridized carbons (Fsp3) is 0.333. The summed E-state index contributed by atoms with van der Waals surface area (Å²) in [7, 11) is -3.33. The van der Waals surface area contributed by atoms with Crippen LogP contribution in [0.3, 0.4) is 0 Å². The van der Waals surface area contributed by atoms with E-state index < -0.39 is 15.1 Å². The summed E-state index contributed by atoms with van der Waals surface area (Å²) < 4.78 is 26.3. The van der Waals surface area contributed by atoms with Gasteiger partial charge in [-0.2, -0.15) is 0 Å². The maximum absolute atomic E-state index is 13.1. The summed E-state index contributed by atoms with van der Waals surface area (Å²) in [6.45, 7) is 1.97. The van der Waals surface area contributed by atoms with Crippen molar-refractivity contribution in [1.82, 2.24) is 4.90 Å². The minimum Gasteiger partial charge on any atom is -0.295 e. The average Bonchev–Trinajstić information content (AvgIpc) is 3.13. The topological polar surface area (TPSA) is 37.4 Å². The molecule has 0 spiro atoms. The van der Waals surface area contributed by atoms with Gasteiger partial charge in [-0.25, -0.2) is 8.42 Å². The van der Waals surface area contributed by atoms with Gasteiger partial charge in [-0.1, -0.05) is 48.5 Å². The van der Waals surface area contributed by atoms with Crippen LogP contribution in [0, 0.1) is 0 Å². The molecule has 2 aliphatic rings. The lowest BCUT2D eigenvalue weighted by molar-refractivity contribution is 0.240. The van der Waals surface area contributed by atoms with E-state index in [0.29, 0.717) is 4.90 Å². The van der Waals surface area contributed by atoms with Crippen molar-refractivity contribution in [2.75, 3.05) is 13.1 Å². The monoisotopic (exact) mass is 313 g/mol. The zero-order valence-electron chi connectivity index (χ0n) is 12.4. The molecule has 2 atom stereocenters. The van der Waals surface area contributed by atoms with Crippen molar-refractivity contribution in [3.05, 3.63) is 65.7 Å². The van der Waals surface area contributed by atoms with Crippen molar-refractivity contribution in [3.63, 3.8) is 0 Å². The Morgan fingerprint density at radius 2 is 1.50 bits per heavy atom. The highest BCUT2D eigenvalue weighted by atomic mass is 32.2. The third-order valence-corrected chi connectivity index (χ3v) is 7.01. The molecule has 2 unspecified atom stereocenters. The molecule has 0 aromatic heterocycles. The first-order chi connectivity index (χ1) is 10.7. The quantitative estimate of drug-likeness (QED) is 0.853. The zero-order valence-corrected chi connectivity index (χ0v) is 13.2. The molecule has 0 N–H and O–H groups in total. The molecule has 4 rings (SSSR count). The highest BCUT2D eigenvalue weighted by Gasteiger charge is 2.48. The number of likely N-dealkylation sites (tertiary alicyclic amines) is 1. The highest BCUT2D eigenvalue weighted by Crippen LogP contribution is 2.51. The minimum atomic E-state index is -3.33. The Labute approximate surface area is 131 Å². The third-order valence-electron chi connectivity index (χ3n) is 4.83. The lowest BCUT2D eigenvalue weighted by atomic mass is 9.97. The molecule has 2 aliphatic heterocycles. The molecule has 2 heterocycles. The van der Waals surface area contributed by atoms with Crippen LogP contribution >= 0.6 is 0 Å². The number of hydrogen-bond donors (Lipinski definition) is 0. The molecule has 1 fully saturated rings. The van der Waals surface area contributed by atoms with E-state index in [1.807, 2.05) is 48.5 Å². The van der Waals surface area contributed by atoms with Crippen LogP contribution in [-0.4, -0.2) is 26.4 Å². The summed E-state index contributed by atoms with van der Waals surface area (Å²) in [5.74, 6) is 0. The van der Waals surface area contributed by atoms with Crippen LogP contribution in [-0.2, 0) is 9.84 Å². The van der Waals surface area contributed by atoms with E-state index in [9.17, 15) is 8.42 Å². The van der Waals surface area contributed by atoms with Gasteiger partial charge >= 0.3 is 0 Å². The normalized spacial score (nSPS) is 26.9. The standard InChI is InChI=1S/C18H19NO2S/c20-22(21)16-11-5-4-10-15(16)17(19-12-6-7-13-19)18(22)14-8-2-1-3-9-14/h1-5,8-11,17-18H,6-7,12-13H2. The minimum absolute atomic E-state index is 0.0499. The van der Waals surface area contributed by atoms with Gasteiger partial charge in [-0.15, -0.1) is 0 Å². The van der Waals surface area contributed by atoms with Gasteiger partial charge in [-0.05, 0) is 43.1 Å². The fourth-order valence-electron chi connectivity index (χ4n) is 3.87. The van der Waals surface area contributed by atoms with Crippen LogP contribution in [0.4, 0.5) is 0 Å². The van der Waals surface area contributed by atoms with Crippen molar-refractivity contribution in [2.24, 2.45) is 0 Å². The van der Waals surface area contributed by atoms with Gasteiger partial charge in [0.25, 0.3) is 0 Å². The Morgan fingerprint density at radius 3 is 2.23 bits per heavy atom. The van der Waals surface area contributed by atoms with Gasteiger partial charge in [0.2, 0.25) is 0 Å². The van der Waals surface area contributed by atoms with Gasteiger partial charge < -0.3 is 0 Å². The maximum Gasteiger partial charge on any atom is 0.187 e. The summed E-state index contributed by atoms with van der Waals surface area (Å²) in [6, 6.07) is 17.1. The van der Waals surface area contributed by atoms with E-state index >= 15 is 0 Å². The summed E-state index contributed by atoms with van der Waals surface area (Å²) in [5.41, 5.74) is 1.87. The predicted octanol–water partition coefficient (Wildman–Crippen LogP) is 3.35. The van der Waals surface area contributed by atoms with Crippen LogP contribution in [0.1, 0.15) is 35.3 Å². The lowest BCUT2D eigenvalue weighted by Crippen LogP contribution is -2.29. The van der Waals surface area contributed by atoms with Gasteiger partial charge in [-0.3, -0.25) is 4.90 Å². The summed E-state index contributed by atoms with van der Waals surface area (Å²) in [6.07, 6.45) is 2.31. The molecule has 0 radical (unpaired) electrons. The smallest absolute Gasteiger partial charge is 0.187 e. The lowest BCUT2D eigenvalue weighted by Gasteiger charge is -2.29. The van der Waals surface area contributed by atoms with Crippen molar-refractivity contribution < 1.29 is 8.42 Å². The van der Waals surface area contributed by atoms with E-state index in [1.165, 1.54) is 0 Å². The van der Waals surface area contributed by atoms with Gasteiger partial charge in [0, 0.05) is 0 Å². The van der Waals surface area contributed by atoms with E-state index in [4.69, 9.17) is 0 Å². The Morgan fingerprint density at radius 1 is 0.864 bits per heavy atom. The fourth-order valence-corrected chi connectivity index (χ4v) is 6.10. The third kappa shape index (κ3) is 2.02. The predicted molar refractivity (Wildman–Crippen MR) is 86.4 cm³/mol. The molecule has 0 saturated carbocycles. The van der Waals surface area contributed by atoms with Crippen LogP contribution in [0.5, 0.6) is 0 Å². The second-order valence-electron chi connectivity index (χ2n) is 6.10. The first-order valence-corrected chi connectivity index (χ1v) is 9.36. The molecular formula is C18H19NO2S. The van der Waals surface area contributed by atoms with E-state index in [2.05, 4.69) is 4.90 Å². The molecule has 22 heavy (non-hydrogen) atoms. The molecule has 2 aromatic rings. The Balaban J connectivity index is 1.91. The molecule has 3 nitrogen and oxygen atoms in total. The van der Waals surface area contributed by atoms with Crippen LogP contribution in [0.25, 0.3) is 0 Å². The Hall–Kier alpha value is -1.65. The van der Waals surface area contributed by atoms with Gasteiger partial charge in [0.1, 0.15) is 5.25 Å². The molecule has 2 aromatic carbocycles. The number of rotatable bonds is 2. The molecule has 0 amide bonds. The molecular weight excluding hydrogens is 294 g/mol. The van der Waals surface area contributed by atoms with Crippen LogP contribution in [0.15, 0.2) is 59.5 Å². The summed E-state index contributed by atoms with van der Waals surface area (Å²) >= 11 is 0. The van der Waals surface area contributed by atoms with Gasteiger partial charge in [0.05, 0.1) is 10.9 Å². The van der Waals surface area contributed by atoms with E-state index in [1.54, 1.807) is 6.07 Å². The van der Waals surface area contributed by atoms with Crippen molar-refractivity contribution in [3.8, 4) is 0 Å². The largest absolute Gasteiger partial charge is 0.295 e. The molecule has 1 saturated heterocycles. The first-order valence-electron chi connectivity index (χ1n) is 7.81. The second kappa shape index (κ2) is 5.21. The maximum atomic E-state index is 13.1. The number of benzene rings is 2. The molecule has 0 aliphatic carbocycles. The van der Waals surface area contributed by atoms with Crippen molar-refractivity contribution >= 4 is 9.84 Å². The van der Waals surface area contributed by atoms with E-state index in [0.717, 1.165) is 37.1 Å². The number of fused-ring (bicyclic) bond motifs is 1. The zero-order chi connectivity index (χ0) is 15.2. The van der Waals surface area contributed by atoms with Gasteiger partial charge in [0.15, 0.2) is 9.84 Å². The summed E-state index contributed by atoms with van der Waals surface area (Å²) in [4.78, 5) is 2.86. The number of hydrogen-bond acceptors (Lipinski definition) is 3. The van der Waals surface area contributed by atoms with Crippen LogP contribution in [0.2, 0.25) is 0 Å². The van der Waals surface area contributed by atoms with Crippen molar-refractivity contribution in [2.45, 2.75) is 29.0 Å². The molecule has 0 bridgehead atoms. The Kier molecular flexibility index (Phi) is 3.31. The summed E-state index contributed by atoms with van der Waals surface area (Å²) in [5, 5.41) is -0.482.